The lowest BCUT2D eigenvalue weighted by molar-refractivity contribution is 0.0914. The van der Waals surface area contributed by atoms with E-state index in [4.69, 9.17) is 4.74 Å². The number of benzene rings is 2. The number of aliphatic hydroxyl groups excluding tert-OH is 1. The molecule has 0 bridgehead atoms. The van der Waals surface area contributed by atoms with E-state index in [-0.39, 0.29) is 12.1 Å². The third-order valence-corrected chi connectivity index (χ3v) is 5.85. The lowest BCUT2D eigenvalue weighted by Crippen LogP contribution is -2.33. The summed E-state index contributed by atoms with van der Waals surface area (Å²) in [6.07, 6.45) is 2.76. The van der Waals surface area contributed by atoms with Crippen LogP contribution in [0.2, 0.25) is 0 Å². The standard InChI is InChI=1S/C23H21N3O4S/c1-30-17-9-5-8-16(11-17)20(27)13-24-21(28)19-12-25-23-26(22(19)29)14-18(31-23)10-15-6-3-2-4-7-15/h2-9,11-12,14,20,27H,10,13H2,1H3,(H,24,28). The number of amides is 1. The van der Waals surface area contributed by atoms with Gasteiger partial charge in [-0.15, -0.1) is 11.3 Å². The Morgan fingerprint density at radius 2 is 2.03 bits per heavy atom. The van der Waals surface area contributed by atoms with Crippen LogP contribution >= 0.6 is 11.3 Å². The molecule has 1 atom stereocenters. The number of rotatable bonds is 7. The highest BCUT2D eigenvalue weighted by Gasteiger charge is 2.17. The summed E-state index contributed by atoms with van der Waals surface area (Å²) >= 11 is 1.41. The van der Waals surface area contributed by atoms with Gasteiger partial charge in [-0.25, -0.2) is 4.98 Å². The molecule has 1 unspecified atom stereocenters. The smallest absolute Gasteiger partial charge is 0.271 e. The highest BCUT2D eigenvalue weighted by molar-refractivity contribution is 7.17. The first-order valence-electron chi connectivity index (χ1n) is 9.69. The Bertz CT molecular complexity index is 1270. The molecule has 2 N–H and O–H groups in total. The molecule has 0 spiro atoms. The Morgan fingerprint density at radius 1 is 1.23 bits per heavy atom. The Morgan fingerprint density at radius 3 is 2.81 bits per heavy atom. The van der Waals surface area contributed by atoms with E-state index in [0.29, 0.717) is 22.7 Å². The second kappa shape index (κ2) is 9.11. The number of nitrogens with zero attached hydrogens (tertiary/aromatic N) is 2. The molecule has 31 heavy (non-hydrogen) atoms. The second-order valence-electron chi connectivity index (χ2n) is 6.99. The molecular weight excluding hydrogens is 414 g/mol. The molecule has 0 fully saturated rings. The second-order valence-corrected chi connectivity index (χ2v) is 8.09. The van der Waals surface area contributed by atoms with Gasteiger partial charge in [0.2, 0.25) is 0 Å². The van der Waals surface area contributed by atoms with Crippen LogP contribution in [-0.4, -0.2) is 34.1 Å². The molecule has 4 aromatic rings. The number of nitrogens with one attached hydrogen (secondary N) is 1. The zero-order chi connectivity index (χ0) is 21.8. The van der Waals surface area contributed by atoms with Crippen LogP contribution in [0, 0.1) is 0 Å². The number of thiazole rings is 1. The summed E-state index contributed by atoms with van der Waals surface area (Å²) in [6, 6.07) is 16.9. The number of aliphatic hydroxyl groups is 1. The van der Waals surface area contributed by atoms with Crippen molar-refractivity contribution in [2.45, 2.75) is 12.5 Å². The Kier molecular flexibility index (Phi) is 6.11. The molecule has 0 saturated carbocycles. The zero-order valence-corrected chi connectivity index (χ0v) is 17.6. The van der Waals surface area contributed by atoms with Crippen LogP contribution in [0.1, 0.15) is 32.5 Å². The summed E-state index contributed by atoms with van der Waals surface area (Å²) in [6.45, 7) is -0.0446. The molecule has 2 aromatic heterocycles. The molecule has 1 amide bonds. The molecule has 0 aliphatic carbocycles. The Labute approximate surface area is 182 Å². The van der Waals surface area contributed by atoms with E-state index >= 15 is 0 Å². The summed E-state index contributed by atoms with van der Waals surface area (Å²) in [7, 11) is 1.54. The number of aromatic nitrogens is 2. The number of carbonyl (C=O) groups is 1. The first-order valence-corrected chi connectivity index (χ1v) is 10.5. The number of ether oxygens (including phenoxy) is 1. The first kappa shape index (κ1) is 20.8. The molecular formula is C23H21N3O4S. The van der Waals surface area contributed by atoms with E-state index in [9.17, 15) is 14.7 Å². The van der Waals surface area contributed by atoms with Crippen molar-refractivity contribution in [1.29, 1.82) is 0 Å². The van der Waals surface area contributed by atoms with Crippen molar-refractivity contribution >= 4 is 22.2 Å². The van der Waals surface area contributed by atoms with Crippen molar-refractivity contribution in [3.05, 3.63) is 98.9 Å². The molecule has 0 radical (unpaired) electrons. The van der Waals surface area contributed by atoms with Crippen LogP contribution in [0.4, 0.5) is 0 Å². The lowest BCUT2D eigenvalue weighted by atomic mass is 10.1. The summed E-state index contributed by atoms with van der Waals surface area (Å²) in [5.41, 5.74) is 1.23. The van der Waals surface area contributed by atoms with Crippen molar-refractivity contribution in [2.75, 3.05) is 13.7 Å². The predicted octanol–water partition coefficient (Wildman–Crippen LogP) is 2.82. The molecule has 0 aliphatic heterocycles. The SMILES string of the molecule is COc1cccc(C(O)CNC(=O)c2cnc3sc(Cc4ccccc4)cn3c2=O)c1. The highest BCUT2D eigenvalue weighted by atomic mass is 32.1. The minimum Gasteiger partial charge on any atom is -0.497 e. The molecule has 2 aromatic carbocycles. The fourth-order valence-electron chi connectivity index (χ4n) is 3.22. The summed E-state index contributed by atoms with van der Waals surface area (Å²) in [5.74, 6) is 0.0317. The Balaban J connectivity index is 1.48. The van der Waals surface area contributed by atoms with E-state index in [2.05, 4.69) is 10.3 Å². The van der Waals surface area contributed by atoms with Gasteiger partial charge < -0.3 is 15.2 Å². The third kappa shape index (κ3) is 4.65. The van der Waals surface area contributed by atoms with Crippen molar-refractivity contribution in [2.24, 2.45) is 0 Å². The fourth-order valence-corrected chi connectivity index (χ4v) is 4.19. The quantitative estimate of drug-likeness (QED) is 0.466. The number of fused-ring (bicyclic) bond motifs is 1. The van der Waals surface area contributed by atoms with Gasteiger partial charge in [-0.05, 0) is 23.3 Å². The monoisotopic (exact) mass is 435 g/mol. The fraction of sp³-hybridized carbons (Fsp3) is 0.174. The lowest BCUT2D eigenvalue weighted by Gasteiger charge is -2.13. The summed E-state index contributed by atoms with van der Waals surface area (Å²) < 4.78 is 6.55. The van der Waals surface area contributed by atoms with Crippen LogP contribution in [0.25, 0.3) is 4.96 Å². The van der Waals surface area contributed by atoms with Crippen LogP contribution in [0.5, 0.6) is 5.75 Å². The molecule has 8 heteroatoms. The van der Waals surface area contributed by atoms with Gasteiger partial charge >= 0.3 is 0 Å². The van der Waals surface area contributed by atoms with E-state index in [1.165, 1.54) is 21.9 Å². The minimum absolute atomic E-state index is 0.0446. The van der Waals surface area contributed by atoms with Gasteiger partial charge in [0.1, 0.15) is 11.3 Å². The van der Waals surface area contributed by atoms with E-state index < -0.39 is 17.6 Å². The number of carbonyl (C=O) groups excluding carboxylic acids is 1. The number of methoxy groups -OCH3 is 1. The van der Waals surface area contributed by atoms with Crippen LogP contribution in [-0.2, 0) is 6.42 Å². The maximum atomic E-state index is 12.8. The minimum atomic E-state index is -0.933. The van der Waals surface area contributed by atoms with Gasteiger partial charge in [0.15, 0.2) is 4.96 Å². The molecule has 158 valence electrons. The van der Waals surface area contributed by atoms with E-state index in [1.807, 2.05) is 30.3 Å². The molecule has 7 nitrogen and oxygen atoms in total. The van der Waals surface area contributed by atoms with Gasteiger partial charge in [0.05, 0.1) is 13.2 Å². The first-order chi connectivity index (χ1) is 15.0. The molecule has 4 rings (SSSR count). The van der Waals surface area contributed by atoms with Gasteiger partial charge in [0, 0.05) is 30.2 Å². The summed E-state index contributed by atoms with van der Waals surface area (Å²) in [5, 5.41) is 13.0. The van der Waals surface area contributed by atoms with Crippen LogP contribution in [0.15, 0.2) is 71.8 Å². The summed E-state index contributed by atoms with van der Waals surface area (Å²) in [4.78, 5) is 31.2. The maximum absolute atomic E-state index is 12.8. The largest absolute Gasteiger partial charge is 0.497 e. The normalized spacial score (nSPS) is 11.9. The molecule has 0 saturated heterocycles. The van der Waals surface area contributed by atoms with Crippen LogP contribution in [0.3, 0.4) is 0 Å². The van der Waals surface area contributed by atoms with Crippen molar-refractivity contribution in [3.8, 4) is 5.75 Å². The molecule has 2 heterocycles. The topological polar surface area (TPSA) is 92.9 Å². The van der Waals surface area contributed by atoms with Crippen molar-refractivity contribution in [3.63, 3.8) is 0 Å². The average Bonchev–Trinajstić information content (AvgIpc) is 3.21. The van der Waals surface area contributed by atoms with E-state index in [0.717, 1.165) is 10.4 Å². The molecule has 0 aliphatic rings. The number of hydrogen-bond acceptors (Lipinski definition) is 6. The van der Waals surface area contributed by atoms with Gasteiger partial charge in [-0.3, -0.25) is 14.0 Å². The highest BCUT2D eigenvalue weighted by Crippen LogP contribution is 2.20. The van der Waals surface area contributed by atoms with Gasteiger partial charge in [-0.1, -0.05) is 42.5 Å². The van der Waals surface area contributed by atoms with Crippen molar-refractivity contribution < 1.29 is 14.6 Å². The third-order valence-electron chi connectivity index (χ3n) is 4.86. The average molecular weight is 436 g/mol. The van der Waals surface area contributed by atoms with Gasteiger partial charge in [-0.2, -0.15) is 0 Å². The van der Waals surface area contributed by atoms with E-state index in [1.54, 1.807) is 37.6 Å². The number of hydrogen-bond donors (Lipinski definition) is 2. The van der Waals surface area contributed by atoms with Crippen molar-refractivity contribution in [1.82, 2.24) is 14.7 Å². The van der Waals surface area contributed by atoms with Gasteiger partial charge in [0.25, 0.3) is 11.5 Å². The predicted molar refractivity (Wildman–Crippen MR) is 119 cm³/mol. The Hall–Kier alpha value is -3.49. The van der Waals surface area contributed by atoms with Crippen LogP contribution < -0.4 is 15.6 Å². The zero-order valence-electron chi connectivity index (χ0n) is 16.8. The maximum Gasteiger partial charge on any atom is 0.271 e.